The minimum atomic E-state index is 0.824. The second-order valence-corrected chi connectivity index (χ2v) is 13.9. The molecule has 0 spiro atoms. The number of rotatable bonds is 3. The van der Waals surface area contributed by atoms with Gasteiger partial charge in [-0.1, -0.05) is 121 Å². The van der Waals surface area contributed by atoms with Crippen molar-refractivity contribution in [2.45, 2.75) is 0 Å². The number of aromatic nitrogens is 5. The summed E-state index contributed by atoms with van der Waals surface area (Å²) in [5.74, 6) is 0.824. The molecule has 0 bridgehead atoms. The van der Waals surface area contributed by atoms with Crippen LogP contribution in [0.5, 0.6) is 0 Å². The predicted octanol–water partition coefficient (Wildman–Crippen LogP) is 12.1. The first-order valence-corrected chi connectivity index (χ1v) is 18.0. The van der Waals surface area contributed by atoms with Gasteiger partial charge < -0.3 is 4.57 Å². The standard InChI is InChI=1S/C48H29N5/c1-2-12-34-31(11-1)23-28-38-36-14-5-8-18-42(36)51(46(34)38)33-25-21-30(22-26-33)32-24-27-37-35-13-4-9-19-43(35)52(45(37)29-32)48-50-40-16-6-3-15-39(40)47-49-41-17-7-10-20-44(41)53(47)48/h1-29H. The average Bonchev–Trinajstić information content (AvgIpc) is 3.89. The first-order valence-electron chi connectivity index (χ1n) is 18.0. The van der Waals surface area contributed by atoms with E-state index >= 15 is 0 Å². The van der Waals surface area contributed by atoms with E-state index in [9.17, 15) is 0 Å². The van der Waals surface area contributed by atoms with Crippen molar-refractivity contribution in [2.24, 2.45) is 0 Å². The van der Waals surface area contributed by atoms with Crippen LogP contribution in [-0.2, 0) is 0 Å². The van der Waals surface area contributed by atoms with Crippen molar-refractivity contribution in [2.75, 3.05) is 0 Å². The topological polar surface area (TPSA) is 40.0 Å². The zero-order valence-corrected chi connectivity index (χ0v) is 28.5. The molecule has 8 aromatic carbocycles. The molecule has 0 fully saturated rings. The lowest BCUT2D eigenvalue weighted by molar-refractivity contribution is 0.979. The van der Waals surface area contributed by atoms with Gasteiger partial charge >= 0.3 is 0 Å². The van der Waals surface area contributed by atoms with E-state index < -0.39 is 0 Å². The molecule has 0 amide bonds. The van der Waals surface area contributed by atoms with E-state index in [1.54, 1.807) is 0 Å². The van der Waals surface area contributed by atoms with Gasteiger partial charge in [0.05, 0.1) is 38.6 Å². The molecule has 0 unspecified atom stereocenters. The summed E-state index contributed by atoms with van der Waals surface area (Å²) in [5.41, 5.74) is 11.9. The van der Waals surface area contributed by atoms with Gasteiger partial charge in [0.2, 0.25) is 5.95 Å². The highest BCUT2D eigenvalue weighted by Crippen LogP contribution is 2.39. The molecule has 5 nitrogen and oxygen atoms in total. The second kappa shape index (κ2) is 10.6. The number of benzene rings is 8. The minimum absolute atomic E-state index is 0.824. The van der Waals surface area contributed by atoms with Gasteiger partial charge in [-0.05, 0) is 71.1 Å². The third kappa shape index (κ3) is 3.96. The maximum absolute atomic E-state index is 5.37. The van der Waals surface area contributed by atoms with E-state index in [-0.39, 0.29) is 0 Å². The molecule has 0 atom stereocenters. The highest BCUT2D eigenvalue weighted by molar-refractivity contribution is 6.18. The number of hydrogen-bond acceptors (Lipinski definition) is 2. The van der Waals surface area contributed by atoms with E-state index in [1.165, 1.54) is 43.4 Å². The van der Waals surface area contributed by atoms with E-state index in [0.717, 1.165) is 61.4 Å². The SMILES string of the molecule is c1ccc2c(c1)ccc1c3ccccc3n(-c3ccc(-c4ccc5c6ccccc6n(-c6nc7ccccc7c7nc8ccccc8n67)c5c4)cc3)c21. The van der Waals surface area contributed by atoms with Crippen LogP contribution in [-0.4, -0.2) is 23.5 Å². The molecule has 4 aromatic heterocycles. The summed E-state index contributed by atoms with van der Waals surface area (Å²) in [5, 5.41) is 8.43. The molecule has 0 aliphatic heterocycles. The molecule has 0 aliphatic carbocycles. The lowest BCUT2D eigenvalue weighted by Crippen LogP contribution is -2.06. The fourth-order valence-corrected chi connectivity index (χ4v) is 8.64. The fourth-order valence-electron chi connectivity index (χ4n) is 8.64. The Balaban J connectivity index is 1.08. The molecular weight excluding hydrogens is 647 g/mol. The highest BCUT2D eigenvalue weighted by atomic mass is 15.2. The lowest BCUT2D eigenvalue weighted by atomic mass is 10.0. The van der Waals surface area contributed by atoms with Gasteiger partial charge in [0.1, 0.15) is 5.65 Å². The van der Waals surface area contributed by atoms with Crippen LogP contribution in [0.2, 0.25) is 0 Å². The van der Waals surface area contributed by atoms with E-state index in [1.807, 2.05) is 12.1 Å². The largest absolute Gasteiger partial charge is 0.309 e. The molecule has 0 radical (unpaired) electrons. The first-order chi connectivity index (χ1) is 26.3. The van der Waals surface area contributed by atoms with Crippen LogP contribution in [0.4, 0.5) is 0 Å². The summed E-state index contributed by atoms with van der Waals surface area (Å²) in [6.45, 7) is 0. The average molecular weight is 676 g/mol. The summed E-state index contributed by atoms with van der Waals surface area (Å²) >= 11 is 0. The van der Waals surface area contributed by atoms with Crippen molar-refractivity contribution < 1.29 is 0 Å². The van der Waals surface area contributed by atoms with Gasteiger partial charge in [-0.2, -0.15) is 0 Å². The number of hydrogen-bond donors (Lipinski definition) is 0. The normalized spacial score (nSPS) is 12.2. The Morgan fingerprint density at radius 3 is 1.75 bits per heavy atom. The van der Waals surface area contributed by atoms with Crippen LogP contribution in [0.3, 0.4) is 0 Å². The van der Waals surface area contributed by atoms with E-state index in [2.05, 4.69) is 177 Å². The molecule has 4 heterocycles. The number of para-hydroxylation sites is 5. The second-order valence-electron chi connectivity index (χ2n) is 13.9. The van der Waals surface area contributed by atoms with Gasteiger partial charge in [0.15, 0.2) is 0 Å². The van der Waals surface area contributed by atoms with Crippen LogP contribution < -0.4 is 0 Å². The van der Waals surface area contributed by atoms with Gasteiger partial charge in [-0.3, -0.25) is 8.97 Å². The maximum Gasteiger partial charge on any atom is 0.221 e. The summed E-state index contributed by atoms with van der Waals surface area (Å²) in [4.78, 5) is 10.5. The Bertz CT molecular complexity index is 3450. The molecule has 0 saturated carbocycles. The Morgan fingerprint density at radius 1 is 0.358 bits per heavy atom. The molecule has 5 heteroatoms. The van der Waals surface area contributed by atoms with Crippen molar-refractivity contribution in [1.29, 1.82) is 0 Å². The predicted molar refractivity (Wildman–Crippen MR) is 220 cm³/mol. The van der Waals surface area contributed by atoms with Crippen LogP contribution in [0.1, 0.15) is 0 Å². The summed E-state index contributed by atoms with van der Waals surface area (Å²) in [7, 11) is 0. The molecule has 0 N–H and O–H groups in total. The lowest BCUT2D eigenvalue weighted by Gasteiger charge is -2.13. The van der Waals surface area contributed by atoms with Crippen LogP contribution in [0, 0.1) is 0 Å². The van der Waals surface area contributed by atoms with Crippen LogP contribution >= 0.6 is 0 Å². The monoisotopic (exact) mass is 675 g/mol. The van der Waals surface area contributed by atoms with Gasteiger partial charge in [-0.15, -0.1) is 0 Å². The third-order valence-electron chi connectivity index (χ3n) is 11.0. The summed E-state index contributed by atoms with van der Waals surface area (Å²) in [6, 6.07) is 63.0. The summed E-state index contributed by atoms with van der Waals surface area (Å²) < 4.78 is 6.96. The van der Waals surface area contributed by atoms with Crippen molar-refractivity contribution in [3.05, 3.63) is 176 Å². The van der Waals surface area contributed by atoms with E-state index in [4.69, 9.17) is 9.97 Å². The Labute approximate surface area is 303 Å². The maximum atomic E-state index is 5.37. The van der Waals surface area contributed by atoms with Gasteiger partial charge in [-0.25, -0.2) is 9.97 Å². The van der Waals surface area contributed by atoms with Crippen molar-refractivity contribution in [1.82, 2.24) is 23.5 Å². The first kappa shape index (κ1) is 28.5. The zero-order chi connectivity index (χ0) is 34.6. The molecule has 0 aliphatic rings. The molecule has 0 saturated heterocycles. The fraction of sp³-hybridized carbons (Fsp3) is 0. The summed E-state index contributed by atoms with van der Waals surface area (Å²) in [6.07, 6.45) is 0. The van der Waals surface area contributed by atoms with Crippen LogP contribution in [0.25, 0.3) is 105 Å². The molecule has 12 aromatic rings. The number of nitrogens with zero attached hydrogens (tertiary/aromatic N) is 5. The zero-order valence-electron chi connectivity index (χ0n) is 28.5. The molecule has 246 valence electrons. The number of imidazole rings is 1. The Hall–Kier alpha value is -7.24. The molecule has 53 heavy (non-hydrogen) atoms. The van der Waals surface area contributed by atoms with Crippen molar-refractivity contribution in [3.63, 3.8) is 0 Å². The Morgan fingerprint density at radius 2 is 0.943 bits per heavy atom. The quantitative estimate of drug-likeness (QED) is 0.187. The molecule has 12 rings (SSSR count). The van der Waals surface area contributed by atoms with E-state index in [0.29, 0.717) is 0 Å². The molecular formula is C48H29N5. The minimum Gasteiger partial charge on any atom is -0.309 e. The van der Waals surface area contributed by atoms with Gasteiger partial charge in [0.25, 0.3) is 0 Å². The number of fused-ring (bicyclic) bond motifs is 13. The van der Waals surface area contributed by atoms with Crippen molar-refractivity contribution >= 4 is 82.0 Å². The van der Waals surface area contributed by atoms with Crippen LogP contribution in [0.15, 0.2) is 176 Å². The van der Waals surface area contributed by atoms with Gasteiger partial charge in [0, 0.05) is 38.0 Å². The third-order valence-corrected chi connectivity index (χ3v) is 11.0. The highest BCUT2D eigenvalue weighted by Gasteiger charge is 2.21. The van der Waals surface area contributed by atoms with Crippen molar-refractivity contribution in [3.8, 4) is 22.8 Å². The smallest absolute Gasteiger partial charge is 0.221 e. The Kier molecular flexibility index (Phi) is 5.71.